The Bertz CT molecular complexity index is 166. The first-order valence-electron chi connectivity index (χ1n) is 3.19. The molecule has 1 fully saturated rings. The van der Waals surface area contributed by atoms with Crippen LogP contribution in [-0.2, 0) is 4.74 Å². The summed E-state index contributed by atoms with van der Waals surface area (Å²) in [4.78, 5) is 1.55. The third kappa shape index (κ3) is 1.33. The molecule has 0 spiro atoms. The third-order valence-corrected chi connectivity index (χ3v) is 1.43. The van der Waals surface area contributed by atoms with Crippen molar-refractivity contribution in [3.05, 3.63) is 0 Å². The molecule has 0 unspecified atom stereocenters. The van der Waals surface area contributed by atoms with Crippen LogP contribution in [0.1, 0.15) is 13.3 Å². The standard InChI is InChI=1S/C6H11N3O/c1-5(7)9-4-10-3-2-6(9)8/h7-8H,2-4H2,1H3. The number of rotatable bonds is 0. The van der Waals surface area contributed by atoms with Crippen molar-refractivity contribution in [2.75, 3.05) is 13.3 Å². The highest BCUT2D eigenvalue weighted by molar-refractivity contribution is 5.97. The quantitative estimate of drug-likeness (QED) is 0.384. The Morgan fingerprint density at radius 2 is 2.40 bits per heavy atom. The van der Waals surface area contributed by atoms with Crippen LogP contribution < -0.4 is 0 Å². The second-order valence-corrected chi connectivity index (χ2v) is 2.25. The molecule has 1 aliphatic rings. The summed E-state index contributed by atoms with van der Waals surface area (Å²) in [5, 5.41) is 14.6. The Balaban J connectivity index is 2.56. The van der Waals surface area contributed by atoms with E-state index in [0.717, 1.165) is 0 Å². The van der Waals surface area contributed by atoms with Gasteiger partial charge < -0.3 is 4.74 Å². The molecule has 0 aliphatic carbocycles. The van der Waals surface area contributed by atoms with Gasteiger partial charge in [-0.2, -0.15) is 0 Å². The minimum atomic E-state index is 0.369. The Labute approximate surface area is 59.8 Å². The van der Waals surface area contributed by atoms with Gasteiger partial charge in [0.05, 0.1) is 12.4 Å². The lowest BCUT2D eigenvalue weighted by molar-refractivity contribution is 0.0740. The predicted molar refractivity (Wildman–Crippen MR) is 38.4 cm³/mol. The van der Waals surface area contributed by atoms with Crippen molar-refractivity contribution in [3.63, 3.8) is 0 Å². The van der Waals surface area contributed by atoms with Gasteiger partial charge in [-0.05, 0) is 6.92 Å². The molecule has 0 amide bonds. The number of nitrogens with zero attached hydrogens (tertiary/aromatic N) is 1. The van der Waals surface area contributed by atoms with E-state index in [-0.39, 0.29) is 0 Å². The van der Waals surface area contributed by atoms with Crippen LogP contribution >= 0.6 is 0 Å². The SMILES string of the molecule is CC(=N)N1COCCC1=N. The van der Waals surface area contributed by atoms with E-state index in [1.165, 1.54) is 0 Å². The van der Waals surface area contributed by atoms with Crippen LogP contribution in [0.3, 0.4) is 0 Å². The maximum Gasteiger partial charge on any atom is 0.125 e. The summed E-state index contributed by atoms with van der Waals surface area (Å²) in [6, 6.07) is 0. The molecule has 4 nitrogen and oxygen atoms in total. The van der Waals surface area contributed by atoms with Crippen molar-refractivity contribution in [2.45, 2.75) is 13.3 Å². The summed E-state index contributed by atoms with van der Waals surface area (Å²) in [6.07, 6.45) is 0.621. The van der Waals surface area contributed by atoms with Crippen molar-refractivity contribution >= 4 is 11.7 Å². The van der Waals surface area contributed by atoms with Crippen LogP contribution in [0.5, 0.6) is 0 Å². The molecular formula is C6H11N3O. The lowest BCUT2D eigenvalue weighted by Crippen LogP contribution is -2.40. The van der Waals surface area contributed by atoms with E-state index in [1.807, 2.05) is 0 Å². The number of nitrogens with one attached hydrogen (secondary N) is 2. The maximum atomic E-state index is 7.38. The van der Waals surface area contributed by atoms with E-state index in [1.54, 1.807) is 11.8 Å². The second kappa shape index (κ2) is 2.79. The van der Waals surface area contributed by atoms with Crippen LogP contribution in [-0.4, -0.2) is 29.9 Å². The van der Waals surface area contributed by atoms with Gasteiger partial charge in [-0.3, -0.25) is 15.7 Å². The molecule has 4 heteroatoms. The highest BCUT2D eigenvalue weighted by Crippen LogP contribution is 2.03. The van der Waals surface area contributed by atoms with Crippen molar-refractivity contribution in [2.24, 2.45) is 0 Å². The van der Waals surface area contributed by atoms with Gasteiger partial charge in [0.25, 0.3) is 0 Å². The smallest absolute Gasteiger partial charge is 0.125 e. The summed E-state index contributed by atoms with van der Waals surface area (Å²) in [5.41, 5.74) is 0. The fourth-order valence-electron chi connectivity index (χ4n) is 0.837. The van der Waals surface area contributed by atoms with Crippen molar-refractivity contribution in [1.29, 1.82) is 10.8 Å². The predicted octanol–water partition coefficient (Wildman–Crippen LogP) is 0.641. The molecular weight excluding hydrogens is 130 g/mol. The summed E-state index contributed by atoms with van der Waals surface area (Å²) in [7, 11) is 0. The van der Waals surface area contributed by atoms with Crippen LogP contribution in [0.15, 0.2) is 0 Å². The zero-order chi connectivity index (χ0) is 7.56. The van der Waals surface area contributed by atoms with Crippen LogP contribution in [0, 0.1) is 10.8 Å². The van der Waals surface area contributed by atoms with Crippen LogP contribution in [0.2, 0.25) is 0 Å². The molecule has 10 heavy (non-hydrogen) atoms. The highest BCUT2D eigenvalue weighted by atomic mass is 16.5. The Morgan fingerprint density at radius 3 is 2.80 bits per heavy atom. The van der Waals surface area contributed by atoms with Crippen molar-refractivity contribution in [1.82, 2.24) is 4.90 Å². The minimum absolute atomic E-state index is 0.369. The molecule has 0 saturated carbocycles. The topological polar surface area (TPSA) is 60.2 Å². The summed E-state index contributed by atoms with van der Waals surface area (Å²) < 4.78 is 5.06. The molecule has 56 valence electrons. The average molecular weight is 141 g/mol. The zero-order valence-corrected chi connectivity index (χ0v) is 5.98. The maximum absolute atomic E-state index is 7.38. The monoisotopic (exact) mass is 141 g/mol. The van der Waals surface area contributed by atoms with Crippen molar-refractivity contribution in [3.8, 4) is 0 Å². The van der Waals surface area contributed by atoms with E-state index in [9.17, 15) is 0 Å². The molecule has 2 N–H and O–H groups in total. The Hall–Kier alpha value is -0.900. The van der Waals surface area contributed by atoms with E-state index >= 15 is 0 Å². The second-order valence-electron chi connectivity index (χ2n) is 2.25. The molecule has 1 saturated heterocycles. The molecule has 0 atom stereocenters. The van der Waals surface area contributed by atoms with Crippen LogP contribution in [0.25, 0.3) is 0 Å². The molecule has 0 bridgehead atoms. The first kappa shape index (κ1) is 7.21. The summed E-state index contributed by atoms with van der Waals surface area (Å²) in [5.74, 6) is 0.864. The van der Waals surface area contributed by atoms with Gasteiger partial charge in [-0.25, -0.2) is 0 Å². The van der Waals surface area contributed by atoms with E-state index in [2.05, 4.69) is 0 Å². The van der Waals surface area contributed by atoms with E-state index < -0.39 is 0 Å². The summed E-state index contributed by atoms with van der Waals surface area (Å²) >= 11 is 0. The number of amidine groups is 2. The Kier molecular flexibility index (Phi) is 2.01. The molecule has 0 aromatic heterocycles. The minimum Gasteiger partial charge on any atom is -0.360 e. The van der Waals surface area contributed by atoms with Gasteiger partial charge >= 0.3 is 0 Å². The van der Waals surface area contributed by atoms with Gasteiger partial charge in [0, 0.05) is 6.42 Å². The average Bonchev–Trinajstić information content (AvgIpc) is 1.88. The third-order valence-electron chi connectivity index (χ3n) is 1.43. The van der Waals surface area contributed by atoms with Gasteiger partial charge in [-0.15, -0.1) is 0 Å². The fourth-order valence-corrected chi connectivity index (χ4v) is 0.837. The molecule has 0 aromatic rings. The number of hydrogen-bond donors (Lipinski definition) is 2. The van der Waals surface area contributed by atoms with Gasteiger partial charge in [0.15, 0.2) is 0 Å². The largest absolute Gasteiger partial charge is 0.360 e. The van der Waals surface area contributed by atoms with Gasteiger partial charge in [0.1, 0.15) is 12.6 Å². The Morgan fingerprint density at radius 1 is 1.70 bits per heavy atom. The lowest BCUT2D eigenvalue weighted by Gasteiger charge is -2.27. The summed E-state index contributed by atoms with van der Waals surface area (Å²) in [6.45, 7) is 2.64. The van der Waals surface area contributed by atoms with E-state index in [4.69, 9.17) is 15.6 Å². The molecule has 1 heterocycles. The number of hydrogen-bond acceptors (Lipinski definition) is 3. The highest BCUT2D eigenvalue weighted by Gasteiger charge is 2.15. The fraction of sp³-hybridized carbons (Fsp3) is 0.667. The molecule has 0 aromatic carbocycles. The van der Waals surface area contributed by atoms with Crippen molar-refractivity contribution < 1.29 is 4.74 Å². The first-order valence-corrected chi connectivity index (χ1v) is 3.19. The molecule has 1 rings (SSSR count). The van der Waals surface area contributed by atoms with Gasteiger partial charge in [0.2, 0.25) is 0 Å². The molecule has 0 radical (unpaired) electrons. The van der Waals surface area contributed by atoms with Gasteiger partial charge in [-0.1, -0.05) is 0 Å². The lowest BCUT2D eigenvalue weighted by atomic mass is 10.3. The number of ether oxygens (including phenoxy) is 1. The van der Waals surface area contributed by atoms with E-state index in [0.29, 0.717) is 31.4 Å². The first-order chi connectivity index (χ1) is 4.72. The zero-order valence-electron chi connectivity index (χ0n) is 5.98. The van der Waals surface area contributed by atoms with Crippen LogP contribution in [0.4, 0.5) is 0 Å². The normalized spacial score (nSPS) is 19.3. The molecule has 1 aliphatic heterocycles.